The lowest BCUT2D eigenvalue weighted by atomic mass is 10.1. The maximum Gasteiger partial charge on any atom is 0.0782 e. The Morgan fingerprint density at radius 1 is 1.33 bits per heavy atom. The molecule has 1 unspecified atom stereocenters. The largest absolute Gasteiger partial charge is 0.305 e. The second kappa shape index (κ2) is 6.11. The van der Waals surface area contributed by atoms with Crippen molar-refractivity contribution in [1.29, 1.82) is 0 Å². The molecule has 2 rings (SSSR count). The molecule has 5 heteroatoms. The number of rotatable bonds is 5. The lowest BCUT2D eigenvalue weighted by molar-refractivity contribution is 0.611. The molecule has 1 N–H and O–H groups in total. The van der Waals surface area contributed by atoms with Crippen LogP contribution in [0.2, 0.25) is 0 Å². The van der Waals surface area contributed by atoms with Gasteiger partial charge in [0.05, 0.1) is 17.9 Å². The Balaban J connectivity index is 2.29. The van der Waals surface area contributed by atoms with E-state index in [-0.39, 0.29) is 6.04 Å². The summed E-state index contributed by atoms with van der Waals surface area (Å²) in [6, 6.07) is 4.14. The third-order valence-corrected chi connectivity index (χ3v) is 3.23. The van der Waals surface area contributed by atoms with Gasteiger partial charge in [0.15, 0.2) is 0 Å². The van der Waals surface area contributed by atoms with E-state index in [2.05, 4.69) is 51.4 Å². The van der Waals surface area contributed by atoms with Gasteiger partial charge in [-0.25, -0.2) is 0 Å². The molecule has 0 radical (unpaired) electrons. The van der Waals surface area contributed by atoms with E-state index < -0.39 is 0 Å². The molecular weight excluding hydrogens is 292 g/mol. The van der Waals surface area contributed by atoms with Gasteiger partial charge in [-0.05, 0) is 41.5 Å². The molecule has 0 spiro atoms. The predicted octanol–water partition coefficient (Wildman–Crippen LogP) is 2.76. The number of pyridine rings is 1. The monoisotopic (exact) mass is 308 g/mol. The molecule has 0 aliphatic rings. The van der Waals surface area contributed by atoms with Gasteiger partial charge in [0.1, 0.15) is 0 Å². The highest BCUT2D eigenvalue weighted by Crippen LogP contribution is 2.21. The molecule has 2 aromatic rings. The van der Waals surface area contributed by atoms with Crippen molar-refractivity contribution < 1.29 is 0 Å². The minimum absolute atomic E-state index is 0.100. The van der Waals surface area contributed by atoms with Gasteiger partial charge in [0.2, 0.25) is 0 Å². The lowest BCUT2D eigenvalue weighted by Crippen LogP contribution is -2.22. The van der Waals surface area contributed by atoms with Crippen LogP contribution in [-0.4, -0.2) is 21.3 Å². The van der Waals surface area contributed by atoms with Gasteiger partial charge >= 0.3 is 0 Å². The number of nitrogens with one attached hydrogen (secondary N) is 1. The molecular formula is C13H17BrN4. The minimum atomic E-state index is 0.100. The van der Waals surface area contributed by atoms with Gasteiger partial charge in [-0.2, -0.15) is 5.10 Å². The zero-order chi connectivity index (χ0) is 13.0. The first-order valence-corrected chi connectivity index (χ1v) is 6.91. The topological polar surface area (TPSA) is 42.7 Å². The number of aryl methyl sites for hydroxylation is 1. The molecule has 2 aromatic heterocycles. The van der Waals surface area contributed by atoms with Crippen molar-refractivity contribution in [3.8, 4) is 0 Å². The summed E-state index contributed by atoms with van der Waals surface area (Å²) in [5.74, 6) is 0. The number of hydrogen-bond donors (Lipinski definition) is 1. The summed E-state index contributed by atoms with van der Waals surface area (Å²) >= 11 is 3.41. The molecule has 0 aliphatic carbocycles. The van der Waals surface area contributed by atoms with Crippen LogP contribution in [0.4, 0.5) is 0 Å². The van der Waals surface area contributed by atoms with E-state index in [1.165, 1.54) is 0 Å². The molecule has 0 amide bonds. The summed E-state index contributed by atoms with van der Waals surface area (Å²) in [4.78, 5) is 4.46. The van der Waals surface area contributed by atoms with Crippen molar-refractivity contribution in [2.45, 2.75) is 26.4 Å². The molecule has 18 heavy (non-hydrogen) atoms. The van der Waals surface area contributed by atoms with Crippen LogP contribution in [0.5, 0.6) is 0 Å². The van der Waals surface area contributed by atoms with E-state index in [0.29, 0.717) is 0 Å². The van der Waals surface area contributed by atoms with Crippen LogP contribution < -0.4 is 5.32 Å². The Bertz CT molecular complexity index is 492. The SMILES string of the molecule is CCNC(c1cnn(CC)c1)c1ccc(Br)cn1. The fraction of sp³-hybridized carbons (Fsp3) is 0.385. The van der Waals surface area contributed by atoms with Gasteiger partial charge in [-0.3, -0.25) is 9.67 Å². The van der Waals surface area contributed by atoms with E-state index >= 15 is 0 Å². The maximum atomic E-state index is 4.46. The third kappa shape index (κ3) is 2.97. The summed E-state index contributed by atoms with van der Waals surface area (Å²) < 4.78 is 2.92. The summed E-state index contributed by atoms with van der Waals surface area (Å²) in [5, 5.41) is 7.76. The highest BCUT2D eigenvalue weighted by atomic mass is 79.9. The van der Waals surface area contributed by atoms with E-state index in [0.717, 1.165) is 28.8 Å². The highest BCUT2D eigenvalue weighted by molar-refractivity contribution is 9.10. The summed E-state index contributed by atoms with van der Waals surface area (Å²) in [7, 11) is 0. The second-order valence-corrected chi connectivity index (χ2v) is 4.94. The lowest BCUT2D eigenvalue weighted by Gasteiger charge is -2.15. The molecule has 4 nitrogen and oxygen atoms in total. The van der Waals surface area contributed by atoms with Crippen molar-refractivity contribution in [2.75, 3.05) is 6.54 Å². The van der Waals surface area contributed by atoms with Crippen molar-refractivity contribution in [1.82, 2.24) is 20.1 Å². The summed E-state index contributed by atoms with van der Waals surface area (Å²) in [5.41, 5.74) is 2.16. The Hall–Kier alpha value is -1.20. The Morgan fingerprint density at radius 3 is 2.72 bits per heavy atom. The molecule has 1 atom stereocenters. The molecule has 0 fully saturated rings. The van der Waals surface area contributed by atoms with Crippen molar-refractivity contribution in [3.05, 3.63) is 46.5 Å². The zero-order valence-corrected chi connectivity index (χ0v) is 12.2. The molecule has 2 heterocycles. The first-order chi connectivity index (χ1) is 8.74. The van der Waals surface area contributed by atoms with Crippen LogP contribution >= 0.6 is 15.9 Å². The number of halogens is 1. The summed E-state index contributed by atoms with van der Waals surface area (Å²) in [6.07, 6.45) is 5.79. The average molecular weight is 309 g/mol. The van der Waals surface area contributed by atoms with E-state index in [1.807, 2.05) is 29.2 Å². The van der Waals surface area contributed by atoms with Gasteiger partial charge in [0, 0.05) is 29.0 Å². The van der Waals surface area contributed by atoms with Crippen molar-refractivity contribution in [3.63, 3.8) is 0 Å². The standard InChI is InChI=1S/C13H17BrN4/c1-3-15-13(10-7-17-18(4-2)9-10)12-6-5-11(14)8-16-12/h5-9,13,15H,3-4H2,1-2H3. The van der Waals surface area contributed by atoms with Gasteiger partial charge in [-0.1, -0.05) is 6.92 Å². The van der Waals surface area contributed by atoms with Crippen LogP contribution in [0.25, 0.3) is 0 Å². The minimum Gasteiger partial charge on any atom is -0.305 e. The molecule has 0 bridgehead atoms. The van der Waals surface area contributed by atoms with Crippen LogP contribution in [0.3, 0.4) is 0 Å². The third-order valence-electron chi connectivity index (χ3n) is 2.76. The Labute approximate surface area is 116 Å². The molecule has 96 valence electrons. The van der Waals surface area contributed by atoms with Gasteiger partial charge in [-0.15, -0.1) is 0 Å². The van der Waals surface area contributed by atoms with E-state index in [1.54, 1.807) is 0 Å². The second-order valence-electron chi connectivity index (χ2n) is 4.02. The Kier molecular flexibility index (Phi) is 4.49. The molecule has 0 aliphatic heterocycles. The van der Waals surface area contributed by atoms with E-state index in [9.17, 15) is 0 Å². The normalized spacial score (nSPS) is 12.6. The van der Waals surface area contributed by atoms with Crippen LogP contribution in [0.1, 0.15) is 31.1 Å². The predicted molar refractivity (Wildman–Crippen MR) is 75.4 cm³/mol. The molecule has 0 saturated heterocycles. The fourth-order valence-corrected chi connectivity index (χ4v) is 2.09. The number of hydrogen-bond acceptors (Lipinski definition) is 3. The number of aromatic nitrogens is 3. The van der Waals surface area contributed by atoms with Crippen LogP contribution in [0, 0.1) is 0 Å². The first-order valence-electron chi connectivity index (χ1n) is 6.11. The molecule has 0 aromatic carbocycles. The quantitative estimate of drug-likeness (QED) is 0.923. The van der Waals surface area contributed by atoms with Gasteiger partial charge < -0.3 is 5.32 Å². The van der Waals surface area contributed by atoms with Crippen LogP contribution in [0.15, 0.2) is 35.2 Å². The maximum absolute atomic E-state index is 4.46. The fourth-order valence-electron chi connectivity index (χ4n) is 1.86. The first kappa shape index (κ1) is 13.2. The van der Waals surface area contributed by atoms with E-state index in [4.69, 9.17) is 0 Å². The zero-order valence-electron chi connectivity index (χ0n) is 10.6. The van der Waals surface area contributed by atoms with Crippen LogP contribution in [-0.2, 0) is 6.54 Å². The van der Waals surface area contributed by atoms with Crippen molar-refractivity contribution in [2.24, 2.45) is 0 Å². The summed E-state index contributed by atoms with van der Waals surface area (Å²) in [6.45, 7) is 5.94. The van der Waals surface area contributed by atoms with Crippen molar-refractivity contribution >= 4 is 15.9 Å². The van der Waals surface area contributed by atoms with Gasteiger partial charge in [0.25, 0.3) is 0 Å². The molecule has 0 saturated carbocycles. The smallest absolute Gasteiger partial charge is 0.0782 e. The Morgan fingerprint density at radius 2 is 2.17 bits per heavy atom. The highest BCUT2D eigenvalue weighted by Gasteiger charge is 2.15. The number of nitrogens with zero attached hydrogens (tertiary/aromatic N) is 3. The average Bonchev–Trinajstić information content (AvgIpc) is 2.86.